The van der Waals surface area contributed by atoms with Crippen molar-refractivity contribution >= 4 is 5.57 Å². The second-order valence-corrected chi connectivity index (χ2v) is 9.56. The topological polar surface area (TPSA) is 46.0 Å². The Bertz CT molecular complexity index is 770. The summed E-state index contributed by atoms with van der Waals surface area (Å²) in [6.07, 6.45) is 18.4. The molecule has 3 heteroatoms. The van der Waals surface area contributed by atoms with Crippen molar-refractivity contribution in [1.29, 1.82) is 0 Å². The molecule has 138 valence electrons. The highest BCUT2D eigenvalue weighted by Gasteiger charge is 2.56. The Kier molecular flexibility index (Phi) is 3.69. The smallest absolute Gasteiger partial charge is 0.0847 e. The van der Waals surface area contributed by atoms with Crippen LogP contribution >= 0.6 is 0 Å². The molecule has 1 aromatic rings. The minimum absolute atomic E-state index is 0.115. The lowest BCUT2D eigenvalue weighted by atomic mass is 9.47. The zero-order chi connectivity index (χ0) is 17.9. The monoisotopic (exact) mass is 350 g/mol. The number of aliphatic hydroxyl groups excluding tert-OH is 1. The number of aromatic nitrogens is 2. The average Bonchev–Trinajstić information content (AvgIpc) is 3.00. The van der Waals surface area contributed by atoms with Crippen LogP contribution in [0.4, 0.5) is 0 Å². The minimum Gasteiger partial charge on any atom is -0.393 e. The molecule has 0 aliphatic heterocycles. The highest BCUT2D eigenvalue weighted by molar-refractivity contribution is 5.70. The van der Waals surface area contributed by atoms with Crippen molar-refractivity contribution in [2.45, 2.75) is 64.9 Å². The van der Waals surface area contributed by atoms with Gasteiger partial charge in [0.15, 0.2) is 0 Å². The molecule has 2 fully saturated rings. The van der Waals surface area contributed by atoms with E-state index in [4.69, 9.17) is 0 Å². The molecule has 0 radical (unpaired) electrons. The van der Waals surface area contributed by atoms with E-state index in [9.17, 15) is 5.11 Å². The minimum atomic E-state index is -0.115. The normalized spacial score (nSPS) is 44.4. The van der Waals surface area contributed by atoms with E-state index in [1.54, 1.807) is 11.8 Å². The average molecular weight is 351 g/mol. The third-order valence-corrected chi connectivity index (χ3v) is 8.50. The molecule has 0 amide bonds. The van der Waals surface area contributed by atoms with Gasteiger partial charge in [0, 0.05) is 12.4 Å². The Hall–Kier alpha value is -1.48. The molecule has 4 aliphatic rings. The number of fused-ring (bicyclic) bond motifs is 5. The molecule has 0 saturated heterocycles. The molecule has 2 saturated carbocycles. The Morgan fingerprint density at radius 3 is 2.65 bits per heavy atom. The number of nitrogens with zero attached hydrogens (tertiary/aromatic N) is 2. The maximum absolute atomic E-state index is 10.1. The van der Waals surface area contributed by atoms with Gasteiger partial charge in [-0.3, -0.25) is 9.97 Å². The summed E-state index contributed by atoms with van der Waals surface area (Å²) in [5.74, 6) is 2.27. The van der Waals surface area contributed by atoms with E-state index >= 15 is 0 Å². The van der Waals surface area contributed by atoms with E-state index in [1.165, 1.54) is 31.3 Å². The van der Waals surface area contributed by atoms with Gasteiger partial charge in [0.2, 0.25) is 0 Å². The van der Waals surface area contributed by atoms with Gasteiger partial charge in [-0.1, -0.05) is 31.6 Å². The van der Waals surface area contributed by atoms with Gasteiger partial charge in [0.1, 0.15) is 0 Å². The molecule has 0 spiro atoms. The molecule has 0 bridgehead atoms. The summed E-state index contributed by atoms with van der Waals surface area (Å²) in [5.41, 5.74) is 4.63. The van der Waals surface area contributed by atoms with E-state index in [0.717, 1.165) is 42.7 Å². The third kappa shape index (κ3) is 2.22. The molecule has 1 heterocycles. The van der Waals surface area contributed by atoms with Gasteiger partial charge < -0.3 is 5.11 Å². The Morgan fingerprint density at radius 2 is 1.85 bits per heavy atom. The molecule has 0 aromatic carbocycles. The van der Waals surface area contributed by atoms with Crippen molar-refractivity contribution in [1.82, 2.24) is 9.97 Å². The van der Waals surface area contributed by atoms with Crippen LogP contribution in [0.5, 0.6) is 0 Å². The lowest BCUT2D eigenvalue weighted by Gasteiger charge is -2.57. The first-order valence-electron chi connectivity index (χ1n) is 10.4. The molecule has 4 aliphatic carbocycles. The van der Waals surface area contributed by atoms with Crippen molar-refractivity contribution in [3.05, 3.63) is 42.0 Å². The van der Waals surface area contributed by atoms with Crippen molar-refractivity contribution in [3.8, 4) is 0 Å². The highest BCUT2D eigenvalue weighted by atomic mass is 16.3. The van der Waals surface area contributed by atoms with Gasteiger partial charge in [0.05, 0.1) is 18.0 Å². The summed E-state index contributed by atoms with van der Waals surface area (Å²) in [6.45, 7) is 4.98. The number of allylic oxidation sites excluding steroid dienone is 3. The fourth-order valence-corrected chi connectivity index (χ4v) is 7.04. The summed E-state index contributed by atoms with van der Waals surface area (Å²) >= 11 is 0. The fraction of sp³-hybridized carbons (Fsp3) is 0.652. The largest absolute Gasteiger partial charge is 0.393 e. The van der Waals surface area contributed by atoms with Crippen molar-refractivity contribution in [2.24, 2.45) is 28.6 Å². The zero-order valence-corrected chi connectivity index (χ0v) is 16.0. The number of rotatable bonds is 1. The molecule has 26 heavy (non-hydrogen) atoms. The summed E-state index contributed by atoms with van der Waals surface area (Å²) in [7, 11) is 0. The molecule has 1 unspecified atom stereocenters. The summed E-state index contributed by atoms with van der Waals surface area (Å²) in [6, 6.07) is 0. The first-order chi connectivity index (χ1) is 12.5. The van der Waals surface area contributed by atoms with Gasteiger partial charge in [0.25, 0.3) is 0 Å². The predicted molar refractivity (Wildman–Crippen MR) is 103 cm³/mol. The number of hydrogen-bond acceptors (Lipinski definition) is 3. The number of aliphatic hydroxyl groups is 1. The van der Waals surface area contributed by atoms with Crippen molar-refractivity contribution < 1.29 is 5.11 Å². The van der Waals surface area contributed by atoms with E-state index in [-0.39, 0.29) is 11.5 Å². The quantitative estimate of drug-likeness (QED) is 0.741. The predicted octanol–water partition coefficient (Wildman–Crippen LogP) is 4.79. The maximum Gasteiger partial charge on any atom is 0.0847 e. The van der Waals surface area contributed by atoms with E-state index < -0.39 is 0 Å². The van der Waals surface area contributed by atoms with Gasteiger partial charge >= 0.3 is 0 Å². The number of hydrogen-bond donors (Lipinski definition) is 1. The summed E-state index contributed by atoms with van der Waals surface area (Å²) in [5, 5.41) is 10.1. The molecule has 1 N–H and O–H groups in total. The summed E-state index contributed by atoms with van der Waals surface area (Å²) in [4.78, 5) is 8.93. The van der Waals surface area contributed by atoms with Crippen LogP contribution in [0.25, 0.3) is 5.57 Å². The lowest BCUT2D eigenvalue weighted by molar-refractivity contribution is -0.0238. The summed E-state index contributed by atoms with van der Waals surface area (Å²) < 4.78 is 0. The van der Waals surface area contributed by atoms with Gasteiger partial charge in [-0.05, 0) is 79.1 Å². The van der Waals surface area contributed by atoms with E-state index in [2.05, 4.69) is 36.0 Å². The molecule has 3 nitrogen and oxygen atoms in total. The van der Waals surface area contributed by atoms with Crippen LogP contribution < -0.4 is 0 Å². The van der Waals surface area contributed by atoms with E-state index in [0.29, 0.717) is 5.41 Å². The van der Waals surface area contributed by atoms with Gasteiger partial charge in [-0.15, -0.1) is 0 Å². The molecular formula is C23H30N2O. The van der Waals surface area contributed by atoms with Crippen LogP contribution in [0.3, 0.4) is 0 Å². The standard InChI is InChI=1S/C23H30N2O/c1-22-9-7-16(26)13-15(22)3-4-17-18-5-6-20(21-14-24-11-12-25-21)23(18,2)10-8-19(17)22/h3,6,11-12,14,16-19,26H,4-5,7-10,13H2,1-2H3/t16?,17-,18-,19-,22-,23-/m0/s1. The van der Waals surface area contributed by atoms with Gasteiger partial charge in [-0.2, -0.15) is 0 Å². The lowest BCUT2D eigenvalue weighted by Crippen LogP contribution is -2.49. The Balaban J connectivity index is 1.48. The second kappa shape index (κ2) is 5.76. The van der Waals surface area contributed by atoms with E-state index in [1.807, 2.05) is 12.4 Å². The van der Waals surface area contributed by atoms with Crippen LogP contribution in [-0.2, 0) is 0 Å². The highest BCUT2D eigenvalue weighted by Crippen LogP contribution is 2.66. The zero-order valence-electron chi connectivity index (χ0n) is 16.0. The van der Waals surface area contributed by atoms with Crippen LogP contribution in [0, 0.1) is 28.6 Å². The second-order valence-electron chi connectivity index (χ2n) is 9.56. The van der Waals surface area contributed by atoms with Crippen LogP contribution in [0.2, 0.25) is 0 Å². The van der Waals surface area contributed by atoms with Gasteiger partial charge in [-0.25, -0.2) is 0 Å². The maximum atomic E-state index is 10.1. The first kappa shape index (κ1) is 16.7. The molecule has 5 rings (SSSR count). The molecule has 1 aromatic heterocycles. The SMILES string of the molecule is C[C@]12CCC(O)CC1=CC[C@@H]1[C@@H]2CC[C@]2(C)C(c3cnccn3)=CC[C@@H]12. The van der Waals surface area contributed by atoms with Crippen LogP contribution in [0.15, 0.2) is 36.3 Å². The van der Waals surface area contributed by atoms with Crippen LogP contribution in [-0.4, -0.2) is 21.2 Å². The van der Waals surface area contributed by atoms with Crippen molar-refractivity contribution in [3.63, 3.8) is 0 Å². The fourth-order valence-electron chi connectivity index (χ4n) is 7.04. The molecule has 6 atom stereocenters. The van der Waals surface area contributed by atoms with Crippen molar-refractivity contribution in [2.75, 3.05) is 0 Å². The first-order valence-corrected chi connectivity index (χ1v) is 10.4. The molecular weight excluding hydrogens is 320 g/mol. The Morgan fingerprint density at radius 1 is 1.00 bits per heavy atom. The van der Waals surface area contributed by atoms with Crippen LogP contribution in [0.1, 0.15) is 64.5 Å². The Labute approximate surface area is 156 Å². The third-order valence-electron chi connectivity index (χ3n) is 8.50.